The van der Waals surface area contributed by atoms with Gasteiger partial charge < -0.3 is 19.9 Å². The molecule has 0 bridgehead atoms. The van der Waals surface area contributed by atoms with Gasteiger partial charge in [0.05, 0.1) is 18.8 Å². The third-order valence-corrected chi connectivity index (χ3v) is 5.30. The van der Waals surface area contributed by atoms with E-state index in [9.17, 15) is 4.79 Å². The van der Waals surface area contributed by atoms with Gasteiger partial charge in [-0.05, 0) is 39.2 Å². The summed E-state index contributed by atoms with van der Waals surface area (Å²) in [5, 5.41) is 3.08. The number of morpholine rings is 1. The standard InChI is InChI=1S/C19H30N4O2/c1-4-19(3)14-23(11-12-25-19)18(24)20-13-16-8-7-15(2)21-17(16)22-9-5-6-10-22/h7-8H,4-6,9-14H2,1-3H3,(H,20,24). The fourth-order valence-corrected chi connectivity index (χ4v) is 3.51. The second kappa shape index (κ2) is 7.60. The smallest absolute Gasteiger partial charge is 0.317 e. The second-order valence-electron chi connectivity index (χ2n) is 7.36. The SMILES string of the molecule is CCC1(C)CN(C(=O)NCc2ccc(C)nc2N2CCCC2)CCO1. The van der Waals surface area contributed by atoms with Crippen molar-refractivity contribution in [3.63, 3.8) is 0 Å². The van der Waals surface area contributed by atoms with E-state index in [0.29, 0.717) is 26.2 Å². The molecule has 2 amide bonds. The largest absolute Gasteiger partial charge is 0.372 e. The highest BCUT2D eigenvalue weighted by Gasteiger charge is 2.32. The van der Waals surface area contributed by atoms with E-state index in [4.69, 9.17) is 9.72 Å². The van der Waals surface area contributed by atoms with Gasteiger partial charge in [-0.2, -0.15) is 0 Å². The predicted octanol–water partition coefficient (Wildman–Crippen LogP) is 2.70. The number of urea groups is 1. The number of carbonyl (C=O) groups is 1. The Morgan fingerprint density at radius 3 is 2.80 bits per heavy atom. The van der Waals surface area contributed by atoms with E-state index >= 15 is 0 Å². The quantitative estimate of drug-likeness (QED) is 0.911. The second-order valence-corrected chi connectivity index (χ2v) is 7.36. The summed E-state index contributed by atoms with van der Waals surface area (Å²) in [6.45, 7) is 10.7. The lowest BCUT2D eigenvalue weighted by Crippen LogP contribution is -2.54. The molecule has 2 aliphatic heterocycles. The lowest BCUT2D eigenvalue weighted by molar-refractivity contribution is -0.0872. The summed E-state index contributed by atoms with van der Waals surface area (Å²) in [7, 11) is 0. The molecule has 6 heteroatoms. The van der Waals surface area contributed by atoms with Crippen LogP contribution in [0.25, 0.3) is 0 Å². The van der Waals surface area contributed by atoms with Gasteiger partial charge in [-0.1, -0.05) is 13.0 Å². The molecule has 0 saturated carbocycles. The zero-order valence-electron chi connectivity index (χ0n) is 15.7. The number of hydrogen-bond donors (Lipinski definition) is 1. The van der Waals surface area contributed by atoms with E-state index in [1.807, 2.05) is 17.9 Å². The summed E-state index contributed by atoms with van der Waals surface area (Å²) in [5.41, 5.74) is 1.87. The molecule has 0 spiro atoms. The topological polar surface area (TPSA) is 57.7 Å². The van der Waals surface area contributed by atoms with Crippen LogP contribution in [0.5, 0.6) is 0 Å². The number of rotatable bonds is 4. The maximum atomic E-state index is 12.6. The number of pyridine rings is 1. The number of nitrogens with zero attached hydrogens (tertiary/aromatic N) is 3. The molecule has 3 heterocycles. The first-order valence-corrected chi connectivity index (χ1v) is 9.39. The van der Waals surface area contributed by atoms with Crippen molar-refractivity contribution in [1.82, 2.24) is 15.2 Å². The van der Waals surface area contributed by atoms with Crippen LogP contribution in [0.1, 0.15) is 44.4 Å². The molecule has 2 fully saturated rings. The molecule has 1 N–H and O–H groups in total. The molecule has 2 saturated heterocycles. The number of carbonyl (C=O) groups excluding carboxylic acids is 1. The molecule has 0 aliphatic carbocycles. The third-order valence-electron chi connectivity index (χ3n) is 5.30. The Hall–Kier alpha value is -1.82. The average Bonchev–Trinajstić information content (AvgIpc) is 3.15. The molecule has 0 aromatic carbocycles. The maximum Gasteiger partial charge on any atom is 0.317 e. The van der Waals surface area contributed by atoms with Crippen LogP contribution < -0.4 is 10.2 Å². The maximum absolute atomic E-state index is 12.6. The molecule has 138 valence electrons. The van der Waals surface area contributed by atoms with Crippen molar-refractivity contribution in [3.8, 4) is 0 Å². The molecule has 1 aromatic heterocycles. The fraction of sp³-hybridized carbons (Fsp3) is 0.684. The third kappa shape index (κ3) is 4.24. The monoisotopic (exact) mass is 346 g/mol. The van der Waals surface area contributed by atoms with Crippen LogP contribution in [0.4, 0.5) is 10.6 Å². The number of amides is 2. The fourth-order valence-electron chi connectivity index (χ4n) is 3.51. The van der Waals surface area contributed by atoms with Crippen LogP contribution >= 0.6 is 0 Å². The van der Waals surface area contributed by atoms with Crippen molar-refractivity contribution >= 4 is 11.8 Å². The molecule has 2 aliphatic rings. The summed E-state index contributed by atoms with van der Waals surface area (Å²) in [6.07, 6.45) is 3.33. The van der Waals surface area contributed by atoms with E-state index in [0.717, 1.165) is 36.6 Å². The minimum absolute atomic E-state index is 0.0177. The summed E-state index contributed by atoms with van der Waals surface area (Å²) in [6, 6.07) is 4.09. The van der Waals surface area contributed by atoms with Gasteiger partial charge in [0.15, 0.2) is 0 Å². The van der Waals surface area contributed by atoms with Gasteiger partial charge >= 0.3 is 6.03 Å². The number of nitrogens with one attached hydrogen (secondary N) is 1. The first-order valence-electron chi connectivity index (χ1n) is 9.39. The van der Waals surface area contributed by atoms with Crippen LogP contribution in [-0.4, -0.2) is 54.3 Å². The highest BCUT2D eigenvalue weighted by Crippen LogP contribution is 2.24. The van der Waals surface area contributed by atoms with Gasteiger partial charge in [0.1, 0.15) is 5.82 Å². The van der Waals surface area contributed by atoms with Gasteiger partial charge in [0.25, 0.3) is 0 Å². The predicted molar refractivity (Wildman–Crippen MR) is 98.9 cm³/mol. The molecule has 0 radical (unpaired) electrons. The Morgan fingerprint density at radius 1 is 1.32 bits per heavy atom. The van der Waals surface area contributed by atoms with E-state index in [2.05, 4.69) is 30.1 Å². The first-order chi connectivity index (χ1) is 12.0. The van der Waals surface area contributed by atoms with Gasteiger partial charge in [0, 0.05) is 37.4 Å². The average molecular weight is 346 g/mol. The summed E-state index contributed by atoms with van der Waals surface area (Å²) in [4.78, 5) is 21.5. The van der Waals surface area contributed by atoms with Crippen molar-refractivity contribution in [2.24, 2.45) is 0 Å². The Morgan fingerprint density at radius 2 is 2.08 bits per heavy atom. The first kappa shape index (κ1) is 18.0. The zero-order chi connectivity index (χ0) is 17.9. The Labute approximate surface area is 150 Å². The van der Waals surface area contributed by atoms with Crippen LogP contribution in [0.2, 0.25) is 0 Å². The van der Waals surface area contributed by atoms with Gasteiger partial charge in [0.2, 0.25) is 0 Å². The van der Waals surface area contributed by atoms with E-state index in [-0.39, 0.29) is 11.6 Å². The minimum Gasteiger partial charge on any atom is -0.372 e. The summed E-state index contributed by atoms with van der Waals surface area (Å²) >= 11 is 0. The van der Waals surface area contributed by atoms with Crippen LogP contribution in [0.15, 0.2) is 12.1 Å². The normalized spacial score (nSPS) is 23.8. The molecule has 3 rings (SSSR count). The summed E-state index contributed by atoms with van der Waals surface area (Å²) in [5.74, 6) is 1.03. The van der Waals surface area contributed by atoms with Crippen molar-refractivity contribution in [2.75, 3.05) is 37.7 Å². The highest BCUT2D eigenvalue weighted by atomic mass is 16.5. The highest BCUT2D eigenvalue weighted by molar-refractivity contribution is 5.74. The van der Waals surface area contributed by atoms with Crippen molar-refractivity contribution < 1.29 is 9.53 Å². The van der Waals surface area contributed by atoms with Crippen molar-refractivity contribution in [1.29, 1.82) is 0 Å². The van der Waals surface area contributed by atoms with Crippen molar-refractivity contribution in [3.05, 3.63) is 23.4 Å². The van der Waals surface area contributed by atoms with E-state index in [1.54, 1.807) is 0 Å². The number of hydrogen-bond acceptors (Lipinski definition) is 4. The lowest BCUT2D eigenvalue weighted by atomic mass is 10.0. The minimum atomic E-state index is -0.234. The molecular formula is C19H30N4O2. The van der Waals surface area contributed by atoms with Crippen molar-refractivity contribution in [2.45, 2.75) is 52.2 Å². The summed E-state index contributed by atoms with van der Waals surface area (Å²) < 4.78 is 5.82. The number of aryl methyl sites for hydroxylation is 1. The molecule has 1 unspecified atom stereocenters. The number of anilines is 1. The van der Waals surface area contributed by atoms with Gasteiger partial charge in [-0.15, -0.1) is 0 Å². The van der Waals surface area contributed by atoms with Crippen LogP contribution in [0, 0.1) is 6.92 Å². The van der Waals surface area contributed by atoms with Crippen LogP contribution in [-0.2, 0) is 11.3 Å². The van der Waals surface area contributed by atoms with E-state index in [1.165, 1.54) is 12.8 Å². The molecule has 1 atom stereocenters. The van der Waals surface area contributed by atoms with Gasteiger partial charge in [-0.25, -0.2) is 9.78 Å². The zero-order valence-corrected chi connectivity index (χ0v) is 15.7. The molecule has 6 nitrogen and oxygen atoms in total. The Kier molecular flexibility index (Phi) is 5.47. The lowest BCUT2D eigenvalue weighted by Gasteiger charge is -2.40. The Bertz CT molecular complexity index is 615. The van der Waals surface area contributed by atoms with Crippen LogP contribution in [0.3, 0.4) is 0 Å². The number of ether oxygens (including phenoxy) is 1. The Balaban J connectivity index is 1.64. The molecule has 25 heavy (non-hydrogen) atoms. The number of aromatic nitrogens is 1. The van der Waals surface area contributed by atoms with E-state index < -0.39 is 0 Å². The molecule has 1 aromatic rings. The molecular weight excluding hydrogens is 316 g/mol. The van der Waals surface area contributed by atoms with Gasteiger partial charge in [-0.3, -0.25) is 0 Å².